The van der Waals surface area contributed by atoms with Gasteiger partial charge in [0.15, 0.2) is 10.3 Å². The summed E-state index contributed by atoms with van der Waals surface area (Å²) in [7, 11) is 0. The highest BCUT2D eigenvalue weighted by Crippen LogP contribution is 2.27. The summed E-state index contributed by atoms with van der Waals surface area (Å²) >= 11 is 3.30. The van der Waals surface area contributed by atoms with E-state index in [1.54, 1.807) is 23.0 Å². The summed E-state index contributed by atoms with van der Waals surface area (Å²) in [5.74, 6) is -0.210. The third-order valence-electron chi connectivity index (χ3n) is 3.49. The molecule has 3 aromatic rings. The van der Waals surface area contributed by atoms with Crippen molar-refractivity contribution in [3.05, 3.63) is 47.5 Å². The van der Waals surface area contributed by atoms with Crippen LogP contribution in [0.25, 0.3) is 11.1 Å². The van der Waals surface area contributed by atoms with Crippen LogP contribution in [0.1, 0.15) is 30.4 Å². The highest BCUT2D eigenvalue weighted by atomic mass is 79.9. The first kappa shape index (κ1) is 15.6. The van der Waals surface area contributed by atoms with Crippen LogP contribution in [-0.2, 0) is 6.54 Å². The predicted octanol–water partition coefficient (Wildman–Crippen LogP) is 4.21. The van der Waals surface area contributed by atoms with Gasteiger partial charge in [0, 0.05) is 30.9 Å². The number of nitrogens with one attached hydrogen (secondary N) is 1. The van der Waals surface area contributed by atoms with Crippen LogP contribution >= 0.6 is 15.9 Å². The van der Waals surface area contributed by atoms with E-state index in [2.05, 4.69) is 32.9 Å². The molecule has 6 nitrogen and oxygen atoms in total. The minimum absolute atomic E-state index is 0.210. The lowest BCUT2D eigenvalue weighted by Crippen LogP contribution is -2.16. The van der Waals surface area contributed by atoms with Gasteiger partial charge >= 0.3 is 0 Å². The largest absolute Gasteiger partial charge is 0.448 e. The van der Waals surface area contributed by atoms with Gasteiger partial charge in [-0.05, 0) is 29.8 Å². The molecule has 3 rings (SSSR count). The van der Waals surface area contributed by atoms with Crippen molar-refractivity contribution in [1.29, 1.82) is 0 Å². The number of anilines is 1. The van der Waals surface area contributed by atoms with Crippen LogP contribution in [0.2, 0.25) is 0 Å². The number of carbonyl (C=O) groups is 1. The number of halogens is 1. The number of fused-ring (bicyclic) bond motifs is 1. The van der Waals surface area contributed by atoms with Crippen LogP contribution in [0, 0.1) is 0 Å². The second-order valence-corrected chi connectivity index (χ2v) is 6.27. The molecule has 3 heterocycles. The number of rotatable bonds is 5. The average molecular weight is 377 g/mol. The van der Waals surface area contributed by atoms with Crippen LogP contribution in [0.15, 0.2) is 46.3 Å². The molecule has 3 aromatic heterocycles. The highest BCUT2D eigenvalue weighted by Gasteiger charge is 2.18. The van der Waals surface area contributed by atoms with Crippen molar-refractivity contribution in [2.24, 2.45) is 0 Å². The molecule has 1 amide bonds. The van der Waals surface area contributed by atoms with Crippen molar-refractivity contribution in [3.63, 3.8) is 0 Å². The standard InChI is InChI=1S/C16H17BrN4O2/c1-4-5-20-12-7-15(17)23-14(12)6-13(20)16(22)19-11-8-18-21(9-11)10(2)3/h4,6-10H,1,5H2,2-3H3,(H,19,22). The molecule has 0 aliphatic heterocycles. The van der Waals surface area contributed by atoms with Gasteiger partial charge in [0.05, 0.1) is 17.4 Å². The predicted molar refractivity (Wildman–Crippen MR) is 92.7 cm³/mol. The zero-order chi connectivity index (χ0) is 16.6. The summed E-state index contributed by atoms with van der Waals surface area (Å²) < 4.78 is 9.82. The number of aromatic nitrogens is 3. The molecule has 0 bridgehead atoms. The Hall–Kier alpha value is -2.28. The van der Waals surface area contributed by atoms with Gasteiger partial charge in [0.1, 0.15) is 5.69 Å². The molecule has 0 saturated heterocycles. The fraction of sp³-hybridized carbons (Fsp3) is 0.250. The van der Waals surface area contributed by atoms with Crippen LogP contribution < -0.4 is 5.32 Å². The van der Waals surface area contributed by atoms with Gasteiger partial charge in [-0.3, -0.25) is 9.48 Å². The van der Waals surface area contributed by atoms with E-state index in [0.717, 1.165) is 5.52 Å². The third-order valence-corrected chi connectivity index (χ3v) is 3.88. The number of carbonyl (C=O) groups excluding carboxylic acids is 1. The molecule has 0 aromatic carbocycles. The molecule has 0 saturated carbocycles. The van der Waals surface area contributed by atoms with Gasteiger partial charge in [-0.25, -0.2) is 0 Å². The Morgan fingerprint density at radius 2 is 2.30 bits per heavy atom. The molecule has 0 atom stereocenters. The van der Waals surface area contributed by atoms with E-state index < -0.39 is 0 Å². The number of furan rings is 1. The quantitative estimate of drug-likeness (QED) is 0.678. The topological polar surface area (TPSA) is 65.0 Å². The molecule has 0 aliphatic rings. The van der Waals surface area contributed by atoms with Crippen LogP contribution in [0.5, 0.6) is 0 Å². The molecule has 23 heavy (non-hydrogen) atoms. The second-order valence-electron chi connectivity index (χ2n) is 5.49. The monoisotopic (exact) mass is 376 g/mol. The normalized spacial score (nSPS) is 11.3. The molecule has 0 aliphatic carbocycles. The molecule has 0 radical (unpaired) electrons. The SMILES string of the molecule is C=CCn1c(C(=O)Nc2cnn(C(C)C)c2)cc2oc(Br)cc21. The number of hydrogen-bond donors (Lipinski definition) is 1. The number of hydrogen-bond acceptors (Lipinski definition) is 3. The Morgan fingerprint density at radius 3 is 2.96 bits per heavy atom. The summed E-state index contributed by atoms with van der Waals surface area (Å²) in [4.78, 5) is 12.6. The van der Waals surface area contributed by atoms with E-state index >= 15 is 0 Å². The maximum Gasteiger partial charge on any atom is 0.272 e. The van der Waals surface area contributed by atoms with Crippen LogP contribution in [0.3, 0.4) is 0 Å². The Kier molecular flexibility index (Phi) is 4.12. The fourth-order valence-corrected chi connectivity index (χ4v) is 2.80. The van der Waals surface area contributed by atoms with Crippen LogP contribution in [-0.4, -0.2) is 20.3 Å². The third kappa shape index (κ3) is 2.96. The minimum Gasteiger partial charge on any atom is -0.448 e. The lowest BCUT2D eigenvalue weighted by Gasteiger charge is -2.07. The molecular formula is C16H17BrN4O2. The maximum atomic E-state index is 12.6. The molecule has 0 fully saturated rings. The molecule has 120 valence electrons. The number of amides is 1. The molecule has 0 unspecified atom stereocenters. The Morgan fingerprint density at radius 1 is 1.52 bits per heavy atom. The first-order valence-corrected chi connectivity index (χ1v) is 8.04. The van der Waals surface area contributed by atoms with Crippen molar-refractivity contribution < 1.29 is 9.21 Å². The average Bonchev–Trinajstić information content (AvgIpc) is 3.15. The molecule has 0 spiro atoms. The van der Waals surface area contributed by atoms with Crippen molar-refractivity contribution in [2.75, 3.05) is 5.32 Å². The van der Waals surface area contributed by atoms with E-state index in [1.165, 1.54) is 0 Å². The van der Waals surface area contributed by atoms with Gasteiger partial charge < -0.3 is 14.3 Å². The molecule has 7 heteroatoms. The Balaban J connectivity index is 1.91. The summed E-state index contributed by atoms with van der Waals surface area (Å²) in [5, 5.41) is 7.09. The van der Waals surface area contributed by atoms with E-state index in [-0.39, 0.29) is 11.9 Å². The van der Waals surface area contributed by atoms with Crippen molar-refractivity contribution in [3.8, 4) is 0 Å². The Labute approximate surface area is 141 Å². The maximum absolute atomic E-state index is 12.6. The molecular weight excluding hydrogens is 360 g/mol. The van der Waals surface area contributed by atoms with Gasteiger partial charge in [0.25, 0.3) is 5.91 Å². The second kappa shape index (κ2) is 6.08. The van der Waals surface area contributed by atoms with Gasteiger partial charge in [0.2, 0.25) is 0 Å². The summed E-state index contributed by atoms with van der Waals surface area (Å²) in [5.41, 5.74) is 2.68. The van der Waals surface area contributed by atoms with Crippen LogP contribution in [0.4, 0.5) is 5.69 Å². The van der Waals surface area contributed by atoms with Gasteiger partial charge in [-0.2, -0.15) is 5.10 Å². The summed E-state index contributed by atoms with van der Waals surface area (Å²) in [6.07, 6.45) is 5.19. The van der Waals surface area contributed by atoms with E-state index in [4.69, 9.17) is 4.42 Å². The minimum atomic E-state index is -0.210. The van der Waals surface area contributed by atoms with E-state index in [1.807, 2.05) is 30.7 Å². The first-order valence-electron chi connectivity index (χ1n) is 7.24. The first-order chi connectivity index (χ1) is 11.0. The zero-order valence-electron chi connectivity index (χ0n) is 12.9. The van der Waals surface area contributed by atoms with E-state index in [0.29, 0.717) is 28.2 Å². The number of nitrogens with zero attached hydrogens (tertiary/aromatic N) is 3. The van der Waals surface area contributed by atoms with Crippen molar-refractivity contribution in [2.45, 2.75) is 26.4 Å². The lowest BCUT2D eigenvalue weighted by molar-refractivity contribution is 0.101. The summed E-state index contributed by atoms with van der Waals surface area (Å²) in [6, 6.07) is 3.81. The highest BCUT2D eigenvalue weighted by molar-refractivity contribution is 9.10. The Bertz CT molecular complexity index is 872. The van der Waals surface area contributed by atoms with E-state index in [9.17, 15) is 4.79 Å². The van der Waals surface area contributed by atoms with Gasteiger partial charge in [-0.1, -0.05) is 6.08 Å². The fourth-order valence-electron chi connectivity index (χ4n) is 2.41. The van der Waals surface area contributed by atoms with Crippen molar-refractivity contribution >= 4 is 38.6 Å². The van der Waals surface area contributed by atoms with Gasteiger partial charge in [-0.15, -0.1) is 6.58 Å². The smallest absolute Gasteiger partial charge is 0.272 e. The zero-order valence-corrected chi connectivity index (χ0v) is 14.5. The number of allylic oxidation sites excluding steroid dienone is 1. The van der Waals surface area contributed by atoms with Crippen molar-refractivity contribution in [1.82, 2.24) is 14.3 Å². The molecule has 1 N–H and O–H groups in total. The summed E-state index contributed by atoms with van der Waals surface area (Å²) in [6.45, 7) is 8.32. The lowest BCUT2D eigenvalue weighted by atomic mass is 10.3.